The second-order valence-corrected chi connectivity index (χ2v) is 6.10. The number of aliphatic imine (C=N–C) groups is 1. The molecule has 0 amide bonds. The van der Waals surface area contributed by atoms with Gasteiger partial charge in [0.25, 0.3) is 0 Å². The van der Waals surface area contributed by atoms with Crippen molar-refractivity contribution in [3.8, 4) is 0 Å². The molecule has 1 N–H and O–H groups in total. The van der Waals surface area contributed by atoms with Gasteiger partial charge < -0.3 is 5.32 Å². The third kappa shape index (κ3) is 3.69. The molecule has 92 valence electrons. The fraction of sp³-hybridized carbons (Fsp3) is 0.923. The van der Waals surface area contributed by atoms with Gasteiger partial charge in [0.2, 0.25) is 0 Å². The summed E-state index contributed by atoms with van der Waals surface area (Å²) in [6.45, 7) is 3.29. The molecule has 0 bridgehead atoms. The first-order valence-electron chi connectivity index (χ1n) is 6.82. The Hall–Kier alpha value is -0.180. The SMILES string of the molecule is CCC1CCSC(=NCCC2CCCC2)N1. The molecule has 1 aliphatic carbocycles. The van der Waals surface area contributed by atoms with Crippen molar-refractivity contribution in [1.82, 2.24) is 5.32 Å². The molecule has 0 aromatic carbocycles. The molecule has 0 aromatic heterocycles. The molecule has 1 saturated carbocycles. The zero-order chi connectivity index (χ0) is 11.2. The topological polar surface area (TPSA) is 24.4 Å². The molecule has 0 aromatic rings. The van der Waals surface area contributed by atoms with E-state index < -0.39 is 0 Å². The molecular weight excluding hydrogens is 216 g/mol. The molecule has 3 heteroatoms. The Kier molecular flexibility index (Phi) is 5.01. The lowest BCUT2D eigenvalue weighted by Gasteiger charge is -2.24. The van der Waals surface area contributed by atoms with E-state index >= 15 is 0 Å². The van der Waals surface area contributed by atoms with Gasteiger partial charge in [0.1, 0.15) is 0 Å². The molecule has 2 fully saturated rings. The van der Waals surface area contributed by atoms with Crippen LogP contribution in [-0.4, -0.2) is 23.5 Å². The largest absolute Gasteiger partial charge is 0.362 e. The van der Waals surface area contributed by atoms with Gasteiger partial charge in [-0.05, 0) is 25.2 Å². The Balaban J connectivity index is 1.69. The lowest BCUT2D eigenvalue weighted by molar-refractivity contribution is 0.510. The summed E-state index contributed by atoms with van der Waals surface area (Å²) >= 11 is 1.90. The van der Waals surface area contributed by atoms with Crippen molar-refractivity contribution in [3.63, 3.8) is 0 Å². The van der Waals surface area contributed by atoms with Gasteiger partial charge in [-0.15, -0.1) is 0 Å². The van der Waals surface area contributed by atoms with Gasteiger partial charge >= 0.3 is 0 Å². The molecular formula is C13H24N2S. The maximum atomic E-state index is 4.71. The predicted molar refractivity (Wildman–Crippen MR) is 73.2 cm³/mol. The summed E-state index contributed by atoms with van der Waals surface area (Å²) in [5.74, 6) is 2.22. The second kappa shape index (κ2) is 6.53. The highest BCUT2D eigenvalue weighted by atomic mass is 32.2. The van der Waals surface area contributed by atoms with Gasteiger partial charge in [-0.3, -0.25) is 4.99 Å². The van der Waals surface area contributed by atoms with E-state index in [9.17, 15) is 0 Å². The minimum absolute atomic E-state index is 0.673. The van der Waals surface area contributed by atoms with E-state index in [1.54, 1.807) is 0 Å². The Morgan fingerprint density at radius 3 is 2.88 bits per heavy atom. The zero-order valence-electron chi connectivity index (χ0n) is 10.4. The van der Waals surface area contributed by atoms with Gasteiger partial charge in [0.15, 0.2) is 5.17 Å². The van der Waals surface area contributed by atoms with E-state index in [2.05, 4.69) is 12.2 Å². The van der Waals surface area contributed by atoms with Crippen LogP contribution in [0.25, 0.3) is 0 Å². The molecule has 1 saturated heterocycles. The molecule has 2 aliphatic rings. The summed E-state index contributed by atoms with van der Waals surface area (Å²) in [6.07, 6.45) is 9.62. The zero-order valence-corrected chi connectivity index (χ0v) is 11.2. The van der Waals surface area contributed by atoms with Crippen LogP contribution in [0.15, 0.2) is 4.99 Å². The quantitative estimate of drug-likeness (QED) is 0.814. The smallest absolute Gasteiger partial charge is 0.156 e. The molecule has 0 radical (unpaired) electrons. The Labute approximate surface area is 104 Å². The fourth-order valence-corrected chi connectivity index (χ4v) is 3.66. The van der Waals surface area contributed by atoms with Crippen LogP contribution >= 0.6 is 11.8 Å². The highest BCUT2D eigenvalue weighted by Gasteiger charge is 2.16. The lowest BCUT2D eigenvalue weighted by atomic mass is 10.1. The van der Waals surface area contributed by atoms with E-state index in [0.29, 0.717) is 6.04 Å². The molecule has 1 heterocycles. The van der Waals surface area contributed by atoms with Crippen molar-refractivity contribution in [2.24, 2.45) is 10.9 Å². The third-order valence-corrected chi connectivity index (χ3v) is 4.75. The standard InChI is InChI=1S/C13H24N2S/c1-2-12-8-10-16-13(15-12)14-9-7-11-5-3-4-6-11/h11-12H,2-10H2,1H3,(H,14,15). The summed E-state index contributed by atoms with van der Waals surface area (Å²) in [6, 6.07) is 0.673. The van der Waals surface area contributed by atoms with Crippen LogP contribution in [0, 0.1) is 5.92 Å². The maximum Gasteiger partial charge on any atom is 0.156 e. The molecule has 1 aliphatic heterocycles. The summed E-state index contributed by atoms with van der Waals surface area (Å²) in [7, 11) is 0. The van der Waals surface area contributed by atoms with Crippen molar-refractivity contribution in [2.45, 2.75) is 57.9 Å². The third-order valence-electron chi connectivity index (χ3n) is 3.79. The van der Waals surface area contributed by atoms with Crippen LogP contribution < -0.4 is 5.32 Å². The van der Waals surface area contributed by atoms with E-state index in [1.807, 2.05) is 11.8 Å². The van der Waals surface area contributed by atoms with Gasteiger partial charge in [-0.1, -0.05) is 44.4 Å². The number of thioether (sulfide) groups is 1. The first-order valence-corrected chi connectivity index (χ1v) is 7.81. The van der Waals surface area contributed by atoms with Crippen molar-refractivity contribution in [1.29, 1.82) is 0 Å². The highest BCUT2D eigenvalue weighted by Crippen LogP contribution is 2.27. The first-order chi connectivity index (χ1) is 7.88. The fourth-order valence-electron chi connectivity index (χ4n) is 2.63. The average Bonchev–Trinajstić information content (AvgIpc) is 2.82. The van der Waals surface area contributed by atoms with Crippen molar-refractivity contribution in [2.75, 3.05) is 12.3 Å². The minimum Gasteiger partial charge on any atom is -0.362 e. The number of amidine groups is 1. The molecule has 2 rings (SSSR count). The van der Waals surface area contributed by atoms with E-state index in [-0.39, 0.29) is 0 Å². The van der Waals surface area contributed by atoms with Crippen LogP contribution in [0.3, 0.4) is 0 Å². The van der Waals surface area contributed by atoms with Crippen LogP contribution in [0.1, 0.15) is 51.9 Å². The maximum absolute atomic E-state index is 4.71. The summed E-state index contributed by atoms with van der Waals surface area (Å²) in [5, 5.41) is 4.75. The Morgan fingerprint density at radius 1 is 1.31 bits per heavy atom. The normalized spacial score (nSPS) is 29.6. The van der Waals surface area contributed by atoms with E-state index in [1.165, 1.54) is 55.9 Å². The predicted octanol–water partition coefficient (Wildman–Crippen LogP) is 3.43. The summed E-state index contributed by atoms with van der Waals surface area (Å²) in [4.78, 5) is 4.71. The number of nitrogens with one attached hydrogen (secondary N) is 1. The molecule has 1 unspecified atom stereocenters. The second-order valence-electron chi connectivity index (χ2n) is 5.01. The molecule has 0 spiro atoms. The Bertz CT molecular complexity index is 234. The minimum atomic E-state index is 0.673. The molecule has 1 atom stereocenters. The number of nitrogens with zero attached hydrogens (tertiary/aromatic N) is 1. The van der Waals surface area contributed by atoms with Crippen molar-refractivity contribution >= 4 is 16.9 Å². The first kappa shape index (κ1) is 12.3. The molecule has 16 heavy (non-hydrogen) atoms. The lowest BCUT2D eigenvalue weighted by Crippen LogP contribution is -2.37. The van der Waals surface area contributed by atoms with Crippen LogP contribution in [0.4, 0.5) is 0 Å². The highest BCUT2D eigenvalue weighted by molar-refractivity contribution is 8.13. The van der Waals surface area contributed by atoms with Crippen LogP contribution in [-0.2, 0) is 0 Å². The van der Waals surface area contributed by atoms with Crippen molar-refractivity contribution < 1.29 is 0 Å². The monoisotopic (exact) mass is 240 g/mol. The van der Waals surface area contributed by atoms with Gasteiger partial charge in [0, 0.05) is 18.3 Å². The van der Waals surface area contributed by atoms with Crippen LogP contribution in [0.2, 0.25) is 0 Å². The van der Waals surface area contributed by atoms with Crippen LogP contribution in [0.5, 0.6) is 0 Å². The molecule has 2 nitrogen and oxygen atoms in total. The average molecular weight is 240 g/mol. The number of hydrogen-bond donors (Lipinski definition) is 1. The number of hydrogen-bond acceptors (Lipinski definition) is 2. The summed E-state index contributed by atoms with van der Waals surface area (Å²) in [5.41, 5.74) is 0. The van der Waals surface area contributed by atoms with Crippen molar-refractivity contribution in [3.05, 3.63) is 0 Å². The van der Waals surface area contributed by atoms with E-state index in [4.69, 9.17) is 4.99 Å². The number of rotatable bonds is 4. The Morgan fingerprint density at radius 2 is 2.12 bits per heavy atom. The van der Waals surface area contributed by atoms with E-state index in [0.717, 1.165) is 12.5 Å². The van der Waals surface area contributed by atoms with Gasteiger partial charge in [-0.25, -0.2) is 0 Å². The van der Waals surface area contributed by atoms with Gasteiger partial charge in [-0.2, -0.15) is 0 Å². The summed E-state index contributed by atoms with van der Waals surface area (Å²) < 4.78 is 0. The van der Waals surface area contributed by atoms with Gasteiger partial charge in [0.05, 0.1) is 0 Å².